The monoisotopic (exact) mass is 630 g/mol. The Morgan fingerprint density at radius 2 is 1.44 bits per heavy atom. The predicted molar refractivity (Wildman–Crippen MR) is 159 cm³/mol. The van der Waals surface area contributed by atoms with E-state index in [1.807, 2.05) is 6.92 Å². The van der Waals surface area contributed by atoms with Gasteiger partial charge in [-0.05, 0) is 111 Å². The number of benzene rings is 3. The average molecular weight is 631 g/mol. The Morgan fingerprint density at radius 3 is 2.13 bits per heavy atom. The molecule has 1 atom stereocenters. The molecule has 1 fully saturated rings. The van der Waals surface area contributed by atoms with E-state index in [9.17, 15) is 22.4 Å². The van der Waals surface area contributed by atoms with Crippen LogP contribution in [-0.4, -0.2) is 18.7 Å². The minimum atomic E-state index is -1.30. The summed E-state index contributed by atoms with van der Waals surface area (Å²) in [6.45, 7) is 3.75. The summed E-state index contributed by atoms with van der Waals surface area (Å²) in [5.74, 6) is -7.99. The number of halogens is 6. The lowest BCUT2D eigenvalue weighted by Gasteiger charge is -2.29. The van der Waals surface area contributed by atoms with Crippen molar-refractivity contribution in [1.29, 1.82) is 0 Å². The summed E-state index contributed by atoms with van der Waals surface area (Å²) in [6, 6.07) is 8.56. The highest BCUT2D eigenvalue weighted by Gasteiger charge is 2.31. The van der Waals surface area contributed by atoms with E-state index in [1.54, 1.807) is 12.1 Å². The van der Waals surface area contributed by atoms with E-state index in [-0.39, 0.29) is 41.4 Å². The van der Waals surface area contributed by atoms with E-state index >= 15 is 8.78 Å². The molecule has 2 aliphatic rings. The number of hydrogen-bond acceptors (Lipinski definition) is 3. The van der Waals surface area contributed by atoms with Crippen molar-refractivity contribution in [2.75, 3.05) is 6.61 Å². The smallest absolute Gasteiger partial charge is 0.341 e. The van der Waals surface area contributed by atoms with Gasteiger partial charge in [-0.1, -0.05) is 37.6 Å². The Kier molecular flexibility index (Phi) is 10.2. The molecule has 0 aromatic heterocycles. The Bertz CT molecular complexity index is 1590. The zero-order chi connectivity index (χ0) is 32.2. The second-order valence-electron chi connectivity index (χ2n) is 12.0. The van der Waals surface area contributed by atoms with E-state index in [0.29, 0.717) is 49.7 Å². The number of esters is 1. The summed E-state index contributed by atoms with van der Waals surface area (Å²) >= 11 is 0. The van der Waals surface area contributed by atoms with Crippen LogP contribution in [-0.2, 0) is 4.74 Å². The highest BCUT2D eigenvalue weighted by atomic mass is 19.2. The molecule has 0 N–H and O–H groups in total. The maximum Gasteiger partial charge on any atom is 0.341 e. The fourth-order valence-corrected chi connectivity index (χ4v) is 6.30. The van der Waals surface area contributed by atoms with Crippen LogP contribution in [0.25, 0.3) is 5.57 Å². The third-order valence-electron chi connectivity index (χ3n) is 9.02. The van der Waals surface area contributed by atoms with Crippen LogP contribution < -0.4 is 4.74 Å². The van der Waals surface area contributed by atoms with Gasteiger partial charge in [0, 0.05) is 5.56 Å². The molecule has 3 nitrogen and oxygen atoms in total. The first-order valence-corrected chi connectivity index (χ1v) is 15.5. The molecule has 0 saturated heterocycles. The Balaban J connectivity index is 1.20. The van der Waals surface area contributed by atoms with Crippen molar-refractivity contribution in [3.05, 3.63) is 105 Å². The van der Waals surface area contributed by atoms with Crippen LogP contribution in [0.15, 0.2) is 42.5 Å². The van der Waals surface area contributed by atoms with E-state index in [1.165, 1.54) is 37.3 Å². The van der Waals surface area contributed by atoms with Gasteiger partial charge in [0.1, 0.15) is 6.10 Å². The number of ether oxygens (including phenoxy) is 2. The number of aryl methyl sites for hydroxylation is 1. The maximum absolute atomic E-state index is 15.2. The van der Waals surface area contributed by atoms with E-state index in [0.717, 1.165) is 12.8 Å². The lowest BCUT2D eigenvalue weighted by atomic mass is 9.82. The molecule has 5 rings (SSSR count). The van der Waals surface area contributed by atoms with Crippen molar-refractivity contribution in [1.82, 2.24) is 0 Å². The van der Waals surface area contributed by atoms with Crippen LogP contribution in [0.4, 0.5) is 26.3 Å². The van der Waals surface area contributed by atoms with Gasteiger partial charge in [0.15, 0.2) is 34.8 Å². The molecule has 0 bridgehead atoms. The molecule has 1 saturated carbocycles. The van der Waals surface area contributed by atoms with E-state index in [4.69, 9.17) is 9.47 Å². The Morgan fingerprint density at radius 1 is 0.756 bits per heavy atom. The molecule has 240 valence electrons. The van der Waals surface area contributed by atoms with Gasteiger partial charge < -0.3 is 9.47 Å². The quantitative estimate of drug-likeness (QED) is 0.134. The molecular formula is C36H36F6O3. The van der Waals surface area contributed by atoms with Gasteiger partial charge >= 0.3 is 5.97 Å². The van der Waals surface area contributed by atoms with Gasteiger partial charge in [-0.3, -0.25) is 0 Å². The summed E-state index contributed by atoms with van der Waals surface area (Å²) in [7, 11) is 0. The Labute approximate surface area is 259 Å². The van der Waals surface area contributed by atoms with Gasteiger partial charge in [0.2, 0.25) is 5.82 Å². The van der Waals surface area contributed by atoms with Crippen LogP contribution in [0.2, 0.25) is 0 Å². The fraction of sp³-hybridized carbons (Fsp3) is 0.417. The molecular weight excluding hydrogens is 594 g/mol. The SMILES string of the molecule is CCCCOc1ccc(C2=CCC(c3ccc(C(=O)OC4CCC(c5ccc(C)c(F)c5F)CC4)c(F)c3F)CC2)c(F)c1F. The van der Waals surface area contributed by atoms with Crippen LogP contribution in [0.3, 0.4) is 0 Å². The van der Waals surface area contributed by atoms with Crippen LogP contribution in [0.5, 0.6) is 5.75 Å². The molecule has 1 unspecified atom stereocenters. The average Bonchev–Trinajstić information content (AvgIpc) is 3.04. The zero-order valence-electron chi connectivity index (χ0n) is 25.3. The van der Waals surface area contributed by atoms with Gasteiger partial charge in [0.05, 0.1) is 12.2 Å². The molecule has 3 aromatic carbocycles. The molecule has 3 aromatic rings. The molecule has 2 aliphatic carbocycles. The lowest BCUT2D eigenvalue weighted by molar-refractivity contribution is 0.0188. The van der Waals surface area contributed by atoms with Crippen molar-refractivity contribution >= 4 is 11.5 Å². The summed E-state index contributed by atoms with van der Waals surface area (Å²) in [5, 5.41) is 0. The first kappa shape index (κ1) is 32.6. The second-order valence-corrected chi connectivity index (χ2v) is 12.0. The molecule has 0 amide bonds. The minimum absolute atomic E-state index is 0.0959. The van der Waals surface area contributed by atoms with Gasteiger partial charge in [-0.25, -0.2) is 26.7 Å². The van der Waals surface area contributed by atoms with Gasteiger partial charge in [-0.2, -0.15) is 4.39 Å². The predicted octanol–water partition coefficient (Wildman–Crippen LogP) is 10.2. The maximum atomic E-state index is 15.2. The number of carbonyl (C=O) groups is 1. The molecule has 0 heterocycles. The fourth-order valence-electron chi connectivity index (χ4n) is 6.30. The molecule has 0 radical (unpaired) electrons. The number of unbranched alkanes of at least 4 members (excludes halogenated alkanes) is 1. The summed E-state index contributed by atoms with van der Waals surface area (Å²) < 4.78 is 99.1. The standard InChI is InChI=1S/C36H36F6O3/c1-3-4-19-44-29-18-17-27(33(40)35(29)42)22-8-6-21(7-9-22)26-15-16-28(34(41)32(26)39)36(43)45-24-12-10-23(11-13-24)25-14-5-20(2)30(37)31(25)38/h5,8,14-18,21,23-24H,3-4,6-7,9-13,19H2,1-2H3. The summed E-state index contributed by atoms with van der Waals surface area (Å²) in [6.07, 6.45) is 5.37. The number of hydrogen-bond donors (Lipinski definition) is 0. The van der Waals surface area contributed by atoms with Crippen molar-refractivity contribution < 1.29 is 40.6 Å². The summed E-state index contributed by atoms with van der Waals surface area (Å²) in [4.78, 5) is 12.8. The molecule has 45 heavy (non-hydrogen) atoms. The Hall–Kier alpha value is -3.75. The van der Waals surface area contributed by atoms with Crippen molar-refractivity contribution in [2.45, 2.75) is 89.6 Å². The van der Waals surface area contributed by atoms with Crippen molar-refractivity contribution in [3.8, 4) is 5.75 Å². The third kappa shape index (κ3) is 6.92. The van der Waals surface area contributed by atoms with E-state index < -0.39 is 58.5 Å². The normalized spacial score (nSPS) is 20.1. The minimum Gasteiger partial charge on any atom is -0.490 e. The first-order valence-electron chi connectivity index (χ1n) is 15.5. The van der Waals surface area contributed by atoms with Gasteiger partial charge in [-0.15, -0.1) is 0 Å². The number of rotatable bonds is 9. The third-order valence-corrected chi connectivity index (χ3v) is 9.02. The highest BCUT2D eigenvalue weighted by molar-refractivity contribution is 5.90. The number of allylic oxidation sites excluding steroid dienone is 2. The number of carbonyl (C=O) groups excluding carboxylic acids is 1. The van der Waals surface area contributed by atoms with Gasteiger partial charge in [0.25, 0.3) is 0 Å². The van der Waals surface area contributed by atoms with E-state index in [2.05, 4.69) is 0 Å². The second kappa shape index (κ2) is 14.1. The topological polar surface area (TPSA) is 35.5 Å². The van der Waals surface area contributed by atoms with Crippen LogP contribution in [0.1, 0.15) is 109 Å². The highest BCUT2D eigenvalue weighted by Crippen LogP contribution is 2.40. The molecule has 0 aliphatic heterocycles. The largest absolute Gasteiger partial charge is 0.490 e. The lowest BCUT2D eigenvalue weighted by Crippen LogP contribution is -2.25. The molecule has 0 spiro atoms. The zero-order valence-corrected chi connectivity index (χ0v) is 25.3. The van der Waals surface area contributed by atoms with Crippen LogP contribution >= 0.6 is 0 Å². The first-order chi connectivity index (χ1) is 21.6. The van der Waals surface area contributed by atoms with Crippen LogP contribution in [0, 0.1) is 41.8 Å². The van der Waals surface area contributed by atoms with Crippen molar-refractivity contribution in [2.24, 2.45) is 0 Å². The van der Waals surface area contributed by atoms with Crippen molar-refractivity contribution in [3.63, 3.8) is 0 Å². The summed E-state index contributed by atoms with van der Waals surface area (Å²) in [5.41, 5.74) is 0.788. The molecule has 9 heteroatoms.